The second-order valence-electron chi connectivity index (χ2n) is 8.67. The molecule has 10 heteroatoms. The minimum absolute atomic E-state index is 0.0960. The van der Waals surface area contributed by atoms with Crippen LogP contribution in [0, 0.1) is 0 Å². The van der Waals surface area contributed by atoms with E-state index in [9.17, 15) is 14.4 Å². The number of hydrazone groups is 1. The predicted molar refractivity (Wildman–Crippen MR) is 143 cm³/mol. The van der Waals surface area contributed by atoms with Gasteiger partial charge in [-0.3, -0.25) is 15.0 Å². The standard InChI is InChI=1S/C27H32N4O6/c1-2-19-11-12-28-24(15-19)30-29-18-21-16-20-9-10-22(17-23(20)37-27(21)36)31(13-5-3-7-25(32)33)14-6-4-8-26(34)35/h9-12,15-18H,2-8,13-14H2,1H3,(H,28,30)(H,32,33)(H,34,35)/b29-18+. The van der Waals surface area contributed by atoms with Gasteiger partial charge in [-0.2, -0.15) is 5.10 Å². The number of hydrogen-bond acceptors (Lipinski definition) is 8. The van der Waals surface area contributed by atoms with Gasteiger partial charge in [-0.15, -0.1) is 0 Å². The molecule has 0 fully saturated rings. The first-order valence-electron chi connectivity index (χ1n) is 12.4. The van der Waals surface area contributed by atoms with Gasteiger partial charge in [0.25, 0.3) is 0 Å². The number of carboxylic acid groups (broad SMARTS) is 2. The van der Waals surface area contributed by atoms with E-state index < -0.39 is 17.6 Å². The van der Waals surface area contributed by atoms with E-state index in [1.807, 2.05) is 31.2 Å². The van der Waals surface area contributed by atoms with Crippen molar-refractivity contribution in [3.8, 4) is 0 Å². The lowest BCUT2D eigenvalue weighted by Crippen LogP contribution is -2.26. The largest absolute Gasteiger partial charge is 0.481 e. The third-order valence-corrected chi connectivity index (χ3v) is 5.86. The molecule has 37 heavy (non-hydrogen) atoms. The zero-order valence-corrected chi connectivity index (χ0v) is 20.9. The number of carboxylic acids is 2. The number of benzene rings is 1. The summed E-state index contributed by atoms with van der Waals surface area (Å²) in [6.45, 7) is 3.27. The van der Waals surface area contributed by atoms with Crippen LogP contribution in [0.1, 0.15) is 56.6 Å². The number of carbonyl (C=O) groups is 2. The van der Waals surface area contributed by atoms with Gasteiger partial charge in [0, 0.05) is 49.3 Å². The number of unbranched alkanes of at least 4 members (excludes halogenated alkanes) is 2. The fraction of sp³-hybridized carbons (Fsp3) is 0.370. The van der Waals surface area contributed by atoms with Gasteiger partial charge < -0.3 is 19.5 Å². The van der Waals surface area contributed by atoms with Crippen molar-refractivity contribution >= 4 is 40.6 Å². The van der Waals surface area contributed by atoms with Gasteiger partial charge in [0.05, 0.1) is 11.8 Å². The summed E-state index contributed by atoms with van der Waals surface area (Å²) < 4.78 is 5.56. The van der Waals surface area contributed by atoms with Crippen LogP contribution in [0.15, 0.2) is 56.9 Å². The highest BCUT2D eigenvalue weighted by Crippen LogP contribution is 2.23. The molecular weight excluding hydrogens is 476 g/mol. The van der Waals surface area contributed by atoms with Crippen LogP contribution in [0.5, 0.6) is 0 Å². The van der Waals surface area contributed by atoms with Crippen LogP contribution >= 0.6 is 0 Å². The number of hydrogen-bond donors (Lipinski definition) is 3. The average Bonchev–Trinajstić information content (AvgIpc) is 2.87. The second kappa shape index (κ2) is 13.8. The Morgan fingerprint density at radius 1 is 1.03 bits per heavy atom. The van der Waals surface area contributed by atoms with Gasteiger partial charge in [0.1, 0.15) is 11.4 Å². The van der Waals surface area contributed by atoms with Crippen LogP contribution in [0.4, 0.5) is 11.5 Å². The molecule has 0 unspecified atom stereocenters. The molecule has 0 bridgehead atoms. The molecule has 10 nitrogen and oxygen atoms in total. The lowest BCUT2D eigenvalue weighted by Gasteiger charge is -2.25. The SMILES string of the molecule is CCc1ccnc(N/N=C/c2cc3ccc(N(CCCCC(=O)O)CCCCC(=O)O)cc3oc2=O)c1. The molecule has 0 aliphatic heterocycles. The zero-order chi connectivity index (χ0) is 26.6. The minimum Gasteiger partial charge on any atom is -0.481 e. The fourth-order valence-electron chi connectivity index (χ4n) is 3.85. The van der Waals surface area contributed by atoms with Crippen LogP contribution in [-0.4, -0.2) is 46.4 Å². The van der Waals surface area contributed by atoms with Gasteiger partial charge in [0.2, 0.25) is 0 Å². The number of rotatable bonds is 15. The van der Waals surface area contributed by atoms with Crippen LogP contribution in [0.3, 0.4) is 0 Å². The number of fused-ring (bicyclic) bond motifs is 1. The van der Waals surface area contributed by atoms with Crippen molar-refractivity contribution in [3.63, 3.8) is 0 Å². The van der Waals surface area contributed by atoms with Gasteiger partial charge in [-0.05, 0) is 68.0 Å². The Morgan fingerprint density at radius 2 is 1.73 bits per heavy atom. The van der Waals surface area contributed by atoms with E-state index in [2.05, 4.69) is 20.4 Å². The summed E-state index contributed by atoms with van der Waals surface area (Å²) in [5.74, 6) is -1.08. The molecule has 0 aliphatic carbocycles. The van der Waals surface area contributed by atoms with Crippen LogP contribution < -0.4 is 16.0 Å². The number of aromatic nitrogens is 1. The van der Waals surface area contributed by atoms with Crippen molar-refractivity contribution < 1.29 is 24.2 Å². The van der Waals surface area contributed by atoms with Crippen molar-refractivity contribution in [2.45, 2.75) is 51.9 Å². The van der Waals surface area contributed by atoms with Crippen molar-refractivity contribution in [2.24, 2.45) is 5.10 Å². The molecule has 2 aromatic heterocycles. The average molecular weight is 509 g/mol. The maximum atomic E-state index is 12.6. The normalized spacial score (nSPS) is 11.2. The van der Waals surface area contributed by atoms with Crippen LogP contribution in [0.2, 0.25) is 0 Å². The quantitative estimate of drug-likeness (QED) is 0.117. The maximum Gasteiger partial charge on any atom is 0.345 e. The summed E-state index contributed by atoms with van der Waals surface area (Å²) in [5.41, 5.74) is 4.95. The molecule has 0 saturated heterocycles. The minimum atomic E-state index is -0.833. The van der Waals surface area contributed by atoms with E-state index in [1.54, 1.807) is 18.3 Å². The molecule has 0 atom stereocenters. The third kappa shape index (κ3) is 8.75. The van der Waals surface area contributed by atoms with Crippen LogP contribution in [-0.2, 0) is 16.0 Å². The van der Waals surface area contributed by atoms with E-state index in [0.717, 1.165) is 23.1 Å². The molecule has 0 saturated carbocycles. The summed E-state index contributed by atoms with van der Waals surface area (Å²) in [5, 5.41) is 22.6. The molecule has 2 heterocycles. The molecule has 0 aliphatic rings. The second-order valence-corrected chi connectivity index (χ2v) is 8.67. The first-order valence-corrected chi connectivity index (χ1v) is 12.4. The highest BCUT2D eigenvalue weighted by molar-refractivity contribution is 5.88. The Balaban J connectivity index is 1.74. The number of anilines is 2. The lowest BCUT2D eigenvalue weighted by molar-refractivity contribution is -0.138. The summed E-state index contributed by atoms with van der Waals surface area (Å²) in [7, 11) is 0. The molecule has 0 amide bonds. The summed E-state index contributed by atoms with van der Waals surface area (Å²) >= 11 is 0. The first kappa shape index (κ1) is 27.4. The third-order valence-electron chi connectivity index (χ3n) is 5.86. The Bertz CT molecular complexity index is 1280. The number of aliphatic carboxylic acids is 2. The smallest absolute Gasteiger partial charge is 0.345 e. The summed E-state index contributed by atoms with van der Waals surface area (Å²) in [4.78, 5) is 40.5. The Kier molecular flexibility index (Phi) is 10.2. The van der Waals surface area contributed by atoms with Crippen molar-refractivity contribution in [1.29, 1.82) is 0 Å². The number of nitrogens with one attached hydrogen (secondary N) is 1. The molecule has 3 N–H and O–H groups in total. The van der Waals surface area contributed by atoms with Gasteiger partial charge in [0.15, 0.2) is 0 Å². The monoisotopic (exact) mass is 508 g/mol. The molecule has 196 valence electrons. The molecule has 3 aromatic rings. The molecule has 0 radical (unpaired) electrons. The lowest BCUT2D eigenvalue weighted by atomic mass is 10.1. The van der Waals surface area contributed by atoms with E-state index in [0.29, 0.717) is 55.7 Å². The molecule has 3 rings (SSSR count). The maximum absolute atomic E-state index is 12.6. The number of aryl methyl sites for hydroxylation is 1. The zero-order valence-electron chi connectivity index (χ0n) is 20.9. The number of pyridine rings is 1. The van der Waals surface area contributed by atoms with E-state index in [4.69, 9.17) is 14.6 Å². The van der Waals surface area contributed by atoms with E-state index in [-0.39, 0.29) is 12.8 Å². The Morgan fingerprint density at radius 3 is 2.38 bits per heavy atom. The van der Waals surface area contributed by atoms with Gasteiger partial charge >= 0.3 is 17.6 Å². The highest BCUT2D eigenvalue weighted by Gasteiger charge is 2.11. The Labute approximate surface area is 214 Å². The van der Waals surface area contributed by atoms with Crippen molar-refractivity contribution in [1.82, 2.24) is 4.98 Å². The van der Waals surface area contributed by atoms with E-state index >= 15 is 0 Å². The van der Waals surface area contributed by atoms with Crippen LogP contribution in [0.25, 0.3) is 11.0 Å². The fourth-order valence-corrected chi connectivity index (χ4v) is 3.85. The topological polar surface area (TPSA) is 145 Å². The first-order chi connectivity index (χ1) is 17.9. The van der Waals surface area contributed by atoms with Gasteiger partial charge in [-0.1, -0.05) is 6.92 Å². The predicted octanol–water partition coefficient (Wildman–Crippen LogP) is 4.51. The van der Waals surface area contributed by atoms with Gasteiger partial charge in [-0.25, -0.2) is 9.78 Å². The van der Waals surface area contributed by atoms with Crippen molar-refractivity contribution in [2.75, 3.05) is 23.4 Å². The molecule has 1 aromatic carbocycles. The van der Waals surface area contributed by atoms with E-state index in [1.165, 1.54) is 6.21 Å². The number of nitrogens with zero attached hydrogens (tertiary/aromatic N) is 3. The summed E-state index contributed by atoms with van der Waals surface area (Å²) in [6.07, 6.45) is 6.59. The molecule has 0 spiro atoms. The molecular formula is C27H32N4O6. The Hall–Kier alpha value is -4.21. The highest BCUT2D eigenvalue weighted by atomic mass is 16.4. The summed E-state index contributed by atoms with van der Waals surface area (Å²) in [6, 6.07) is 11.1. The van der Waals surface area contributed by atoms with Crippen molar-refractivity contribution in [3.05, 3.63) is 64.1 Å².